The average molecular weight is 429 g/mol. The van der Waals surface area contributed by atoms with Gasteiger partial charge in [-0.3, -0.25) is 0 Å². The highest BCUT2D eigenvalue weighted by Crippen LogP contribution is 2.26. The molecule has 2 aromatic rings. The van der Waals surface area contributed by atoms with Crippen LogP contribution in [0.3, 0.4) is 0 Å². The lowest BCUT2D eigenvalue weighted by atomic mass is 10.2. The molecule has 4 nitrogen and oxygen atoms in total. The van der Waals surface area contributed by atoms with Crippen LogP contribution in [0.4, 0.5) is 0 Å². The highest BCUT2D eigenvalue weighted by molar-refractivity contribution is 6.77. The minimum absolute atomic E-state index is 0.385. The summed E-state index contributed by atoms with van der Waals surface area (Å²) in [6.45, 7) is 13.1. The zero-order chi connectivity index (χ0) is 22.0. The first-order chi connectivity index (χ1) is 14.3. The van der Waals surface area contributed by atoms with E-state index in [1.54, 1.807) is 36.4 Å². The van der Waals surface area contributed by atoms with Crippen molar-refractivity contribution in [1.29, 1.82) is 0 Å². The SMILES string of the molecule is CCCOc1ccc(OC(=O)c2ccc(OCCCCC(C)[Si](C)(C)C)cc2)cc1. The first-order valence-electron chi connectivity index (χ1n) is 11.0. The van der Waals surface area contributed by atoms with E-state index in [0.29, 0.717) is 24.5 Å². The molecule has 164 valence electrons. The number of hydrogen-bond acceptors (Lipinski definition) is 4. The molecule has 0 aliphatic heterocycles. The van der Waals surface area contributed by atoms with Crippen LogP contribution in [0.15, 0.2) is 48.5 Å². The molecule has 5 heteroatoms. The maximum absolute atomic E-state index is 12.3. The summed E-state index contributed by atoms with van der Waals surface area (Å²) in [5.41, 5.74) is 1.33. The van der Waals surface area contributed by atoms with Crippen LogP contribution in [0.2, 0.25) is 25.2 Å². The Labute approximate surface area is 182 Å². The van der Waals surface area contributed by atoms with Crippen molar-refractivity contribution >= 4 is 14.0 Å². The van der Waals surface area contributed by atoms with E-state index in [1.807, 2.05) is 12.1 Å². The predicted octanol–water partition coefficient (Wildman–Crippen LogP) is 6.97. The molecule has 0 bridgehead atoms. The second-order valence-electron chi connectivity index (χ2n) is 8.85. The second-order valence-corrected chi connectivity index (χ2v) is 14.6. The normalized spacial score (nSPS) is 12.3. The highest BCUT2D eigenvalue weighted by atomic mass is 28.3. The van der Waals surface area contributed by atoms with Gasteiger partial charge in [0, 0.05) is 8.07 Å². The summed E-state index contributed by atoms with van der Waals surface area (Å²) in [5.74, 6) is 1.66. The van der Waals surface area contributed by atoms with E-state index >= 15 is 0 Å². The van der Waals surface area contributed by atoms with Crippen LogP contribution in [0, 0.1) is 0 Å². The first-order valence-corrected chi connectivity index (χ1v) is 14.5. The minimum atomic E-state index is -1.03. The lowest BCUT2D eigenvalue weighted by Gasteiger charge is -2.25. The molecular formula is C25H36O4Si. The Bertz CT molecular complexity index is 763. The molecule has 2 rings (SSSR count). The monoisotopic (exact) mass is 428 g/mol. The van der Waals surface area contributed by atoms with Gasteiger partial charge in [-0.1, -0.05) is 46.3 Å². The fourth-order valence-corrected chi connectivity index (χ4v) is 3.92. The third-order valence-corrected chi connectivity index (χ3v) is 8.62. The Kier molecular flexibility index (Phi) is 9.44. The van der Waals surface area contributed by atoms with Gasteiger partial charge in [-0.15, -0.1) is 0 Å². The van der Waals surface area contributed by atoms with Crippen LogP contribution in [0.25, 0.3) is 0 Å². The van der Waals surface area contributed by atoms with Crippen LogP contribution in [-0.2, 0) is 0 Å². The van der Waals surface area contributed by atoms with E-state index in [1.165, 1.54) is 12.8 Å². The van der Waals surface area contributed by atoms with Crippen LogP contribution in [0.5, 0.6) is 17.2 Å². The predicted molar refractivity (Wildman–Crippen MR) is 126 cm³/mol. The highest BCUT2D eigenvalue weighted by Gasteiger charge is 2.21. The quantitative estimate of drug-likeness (QED) is 0.158. The Balaban J connectivity index is 1.74. The maximum atomic E-state index is 12.3. The van der Waals surface area contributed by atoms with Crippen LogP contribution < -0.4 is 14.2 Å². The van der Waals surface area contributed by atoms with Gasteiger partial charge in [0.05, 0.1) is 18.8 Å². The number of carbonyl (C=O) groups excluding carboxylic acids is 1. The molecule has 0 aliphatic rings. The van der Waals surface area contributed by atoms with Crippen LogP contribution in [0.1, 0.15) is 49.9 Å². The van der Waals surface area contributed by atoms with E-state index in [4.69, 9.17) is 14.2 Å². The van der Waals surface area contributed by atoms with E-state index in [2.05, 4.69) is 33.5 Å². The Morgan fingerprint density at radius 2 is 1.37 bits per heavy atom. The lowest BCUT2D eigenvalue weighted by molar-refractivity contribution is 0.0734. The van der Waals surface area contributed by atoms with E-state index < -0.39 is 8.07 Å². The molecule has 0 spiro atoms. The fraction of sp³-hybridized carbons (Fsp3) is 0.480. The Morgan fingerprint density at radius 3 is 1.93 bits per heavy atom. The van der Waals surface area contributed by atoms with Crippen LogP contribution in [-0.4, -0.2) is 27.3 Å². The number of benzene rings is 2. The van der Waals surface area contributed by atoms with Crippen molar-refractivity contribution in [3.63, 3.8) is 0 Å². The lowest BCUT2D eigenvalue weighted by Crippen LogP contribution is -2.26. The molecule has 0 aromatic heterocycles. The van der Waals surface area contributed by atoms with Crippen molar-refractivity contribution in [2.24, 2.45) is 0 Å². The zero-order valence-electron chi connectivity index (χ0n) is 19.1. The summed E-state index contributed by atoms with van der Waals surface area (Å²) >= 11 is 0. The molecule has 0 fully saturated rings. The Hall–Kier alpha value is -2.27. The third-order valence-electron chi connectivity index (χ3n) is 5.38. The maximum Gasteiger partial charge on any atom is 0.343 e. The van der Waals surface area contributed by atoms with Gasteiger partial charge in [-0.25, -0.2) is 4.79 Å². The topological polar surface area (TPSA) is 44.8 Å². The van der Waals surface area contributed by atoms with Gasteiger partial charge in [0.1, 0.15) is 17.2 Å². The summed E-state index contributed by atoms with van der Waals surface area (Å²) < 4.78 is 16.8. The van der Waals surface area contributed by atoms with Crippen molar-refractivity contribution in [3.05, 3.63) is 54.1 Å². The number of rotatable bonds is 12. The Morgan fingerprint density at radius 1 is 0.833 bits per heavy atom. The molecule has 1 unspecified atom stereocenters. The molecule has 30 heavy (non-hydrogen) atoms. The fourth-order valence-electron chi connectivity index (χ4n) is 2.85. The summed E-state index contributed by atoms with van der Waals surface area (Å²) in [4.78, 5) is 12.3. The molecule has 0 aliphatic carbocycles. The van der Waals surface area contributed by atoms with E-state index in [0.717, 1.165) is 29.9 Å². The minimum Gasteiger partial charge on any atom is -0.494 e. The van der Waals surface area contributed by atoms with Gasteiger partial charge in [0.2, 0.25) is 0 Å². The van der Waals surface area contributed by atoms with Gasteiger partial charge >= 0.3 is 5.97 Å². The first kappa shape index (κ1) is 24.0. The van der Waals surface area contributed by atoms with Crippen molar-refractivity contribution < 1.29 is 19.0 Å². The largest absolute Gasteiger partial charge is 0.494 e. The molecule has 0 amide bonds. The standard InChI is InChI=1S/C25H36O4Si/c1-6-18-27-23-14-16-24(17-15-23)29-25(26)21-10-12-22(13-11-21)28-19-8-7-9-20(2)30(3,4)5/h10-17,20H,6-9,18-19H2,1-5H3. The van der Waals surface area contributed by atoms with Gasteiger partial charge in [-0.2, -0.15) is 0 Å². The van der Waals surface area contributed by atoms with Crippen LogP contribution >= 0.6 is 0 Å². The third kappa shape index (κ3) is 8.23. The number of unbranched alkanes of at least 4 members (excludes halogenated alkanes) is 1. The summed E-state index contributed by atoms with van der Waals surface area (Å²) in [5, 5.41) is 0. The van der Waals surface area contributed by atoms with Crippen molar-refractivity contribution in [2.75, 3.05) is 13.2 Å². The number of ether oxygens (including phenoxy) is 3. The number of esters is 1. The summed E-state index contributed by atoms with van der Waals surface area (Å²) in [6.07, 6.45) is 4.47. The molecule has 0 radical (unpaired) electrons. The number of carbonyl (C=O) groups is 1. The molecule has 0 N–H and O–H groups in total. The van der Waals surface area contributed by atoms with Gasteiger partial charge < -0.3 is 14.2 Å². The average Bonchev–Trinajstić information content (AvgIpc) is 2.72. The molecule has 0 saturated carbocycles. The summed E-state index contributed by atoms with van der Waals surface area (Å²) in [6, 6.07) is 14.2. The van der Waals surface area contributed by atoms with Crippen molar-refractivity contribution in [1.82, 2.24) is 0 Å². The molecule has 0 saturated heterocycles. The van der Waals surface area contributed by atoms with Gasteiger partial charge in [0.25, 0.3) is 0 Å². The van der Waals surface area contributed by atoms with Crippen molar-refractivity contribution in [3.8, 4) is 17.2 Å². The smallest absolute Gasteiger partial charge is 0.343 e. The second kappa shape index (κ2) is 11.8. The molecule has 1 atom stereocenters. The zero-order valence-corrected chi connectivity index (χ0v) is 20.1. The molecule has 2 aromatic carbocycles. The molecule has 0 heterocycles. The van der Waals surface area contributed by atoms with Gasteiger partial charge in [0.15, 0.2) is 0 Å². The van der Waals surface area contributed by atoms with Gasteiger partial charge in [-0.05, 0) is 66.9 Å². The van der Waals surface area contributed by atoms with E-state index in [9.17, 15) is 4.79 Å². The molecular weight excluding hydrogens is 392 g/mol. The summed E-state index contributed by atoms with van der Waals surface area (Å²) in [7, 11) is -1.03. The van der Waals surface area contributed by atoms with Crippen molar-refractivity contribution in [2.45, 2.75) is 64.7 Å². The number of hydrogen-bond donors (Lipinski definition) is 0. The van der Waals surface area contributed by atoms with E-state index in [-0.39, 0.29) is 5.97 Å².